The van der Waals surface area contributed by atoms with Crippen molar-refractivity contribution in [3.63, 3.8) is 0 Å². The van der Waals surface area contributed by atoms with Crippen LogP contribution in [-0.4, -0.2) is 47.3 Å². The van der Waals surface area contributed by atoms with Crippen molar-refractivity contribution >= 4 is 11.8 Å². The van der Waals surface area contributed by atoms with E-state index in [1.807, 2.05) is 9.80 Å². The molecule has 0 N–H and O–H groups in total. The number of benzene rings is 1. The molecule has 0 saturated carbocycles. The summed E-state index contributed by atoms with van der Waals surface area (Å²) in [7, 11) is 0. The van der Waals surface area contributed by atoms with Gasteiger partial charge in [-0.2, -0.15) is 5.26 Å². The molecule has 1 aromatic rings. The van der Waals surface area contributed by atoms with Crippen LogP contribution in [0.3, 0.4) is 0 Å². The highest BCUT2D eigenvalue weighted by atomic mass is 16.2. The van der Waals surface area contributed by atoms with E-state index < -0.39 is 0 Å². The van der Waals surface area contributed by atoms with Crippen LogP contribution in [0.15, 0.2) is 24.3 Å². The van der Waals surface area contributed by atoms with Gasteiger partial charge in [-0.25, -0.2) is 0 Å². The van der Waals surface area contributed by atoms with Crippen LogP contribution < -0.4 is 0 Å². The minimum absolute atomic E-state index is 0.0668. The number of carbonyl (C=O) groups excluding carboxylic acids is 2. The van der Waals surface area contributed by atoms with E-state index in [0.29, 0.717) is 42.5 Å². The SMILES string of the molecule is CC(C)CN1C(=O)CC[C@H]2CN(C(=O)c3ccccc3C#N)CC[C@H]21. The molecule has 25 heavy (non-hydrogen) atoms. The van der Waals surface area contributed by atoms with Gasteiger partial charge in [-0.3, -0.25) is 9.59 Å². The third-order valence-electron chi connectivity index (χ3n) is 5.27. The molecule has 0 spiro atoms. The molecule has 5 heteroatoms. The van der Waals surface area contributed by atoms with Gasteiger partial charge in [0.25, 0.3) is 5.91 Å². The Bertz CT molecular complexity index is 707. The lowest BCUT2D eigenvalue weighted by Gasteiger charge is -2.47. The second-order valence-corrected chi connectivity index (χ2v) is 7.50. The normalized spacial score (nSPS) is 23.4. The van der Waals surface area contributed by atoms with Gasteiger partial charge in [-0.15, -0.1) is 0 Å². The summed E-state index contributed by atoms with van der Waals surface area (Å²) in [5.74, 6) is 0.973. The Balaban J connectivity index is 1.74. The fraction of sp³-hybridized carbons (Fsp3) is 0.550. The third-order valence-corrected chi connectivity index (χ3v) is 5.27. The van der Waals surface area contributed by atoms with Crippen molar-refractivity contribution < 1.29 is 9.59 Å². The molecule has 0 aromatic heterocycles. The number of piperidine rings is 2. The van der Waals surface area contributed by atoms with Crippen molar-refractivity contribution in [1.82, 2.24) is 9.80 Å². The lowest BCUT2D eigenvalue weighted by atomic mass is 9.82. The Labute approximate surface area is 149 Å². The first-order chi connectivity index (χ1) is 12.0. The molecule has 2 heterocycles. The van der Waals surface area contributed by atoms with E-state index >= 15 is 0 Å². The van der Waals surface area contributed by atoms with Gasteiger partial charge in [0.05, 0.1) is 17.2 Å². The van der Waals surface area contributed by atoms with E-state index in [9.17, 15) is 14.9 Å². The number of hydrogen-bond acceptors (Lipinski definition) is 3. The van der Waals surface area contributed by atoms with Gasteiger partial charge in [-0.1, -0.05) is 26.0 Å². The minimum Gasteiger partial charge on any atom is -0.339 e. The molecule has 0 radical (unpaired) electrons. The minimum atomic E-state index is -0.0668. The number of nitriles is 1. The van der Waals surface area contributed by atoms with E-state index in [0.717, 1.165) is 19.4 Å². The van der Waals surface area contributed by atoms with Gasteiger partial charge in [0.2, 0.25) is 5.91 Å². The van der Waals surface area contributed by atoms with Gasteiger partial charge < -0.3 is 9.80 Å². The number of nitrogens with zero attached hydrogens (tertiary/aromatic N) is 3. The van der Waals surface area contributed by atoms with Crippen molar-refractivity contribution in [1.29, 1.82) is 5.26 Å². The predicted octanol–water partition coefficient (Wildman–Crippen LogP) is 2.67. The van der Waals surface area contributed by atoms with Crippen LogP contribution in [0, 0.1) is 23.2 Å². The molecule has 132 valence electrons. The Morgan fingerprint density at radius 2 is 2.08 bits per heavy atom. The van der Waals surface area contributed by atoms with Crippen LogP contribution in [0.1, 0.15) is 49.0 Å². The molecule has 0 aliphatic carbocycles. The average molecular weight is 339 g/mol. The highest BCUT2D eigenvalue weighted by Crippen LogP contribution is 2.32. The molecule has 0 bridgehead atoms. The van der Waals surface area contributed by atoms with Crippen LogP contribution >= 0.6 is 0 Å². The van der Waals surface area contributed by atoms with Gasteiger partial charge in [0, 0.05) is 32.1 Å². The van der Waals surface area contributed by atoms with E-state index in [2.05, 4.69) is 19.9 Å². The van der Waals surface area contributed by atoms with Crippen molar-refractivity contribution in [3.05, 3.63) is 35.4 Å². The zero-order valence-electron chi connectivity index (χ0n) is 14.9. The van der Waals surface area contributed by atoms with Crippen molar-refractivity contribution in [2.24, 2.45) is 11.8 Å². The molecule has 2 amide bonds. The molecular weight excluding hydrogens is 314 g/mol. The molecular formula is C20H25N3O2. The topological polar surface area (TPSA) is 64.4 Å². The molecule has 2 fully saturated rings. The van der Waals surface area contributed by atoms with Crippen LogP contribution in [0.2, 0.25) is 0 Å². The predicted molar refractivity (Wildman–Crippen MR) is 94.7 cm³/mol. The fourth-order valence-electron chi connectivity index (χ4n) is 4.10. The van der Waals surface area contributed by atoms with Crippen molar-refractivity contribution in [2.75, 3.05) is 19.6 Å². The van der Waals surface area contributed by atoms with Gasteiger partial charge >= 0.3 is 0 Å². The molecule has 5 nitrogen and oxygen atoms in total. The van der Waals surface area contributed by atoms with Crippen molar-refractivity contribution in [3.8, 4) is 6.07 Å². The summed E-state index contributed by atoms with van der Waals surface area (Å²) >= 11 is 0. The average Bonchev–Trinajstić information content (AvgIpc) is 2.62. The van der Waals surface area contributed by atoms with Gasteiger partial charge in [-0.05, 0) is 36.8 Å². The first-order valence-corrected chi connectivity index (χ1v) is 9.09. The highest BCUT2D eigenvalue weighted by molar-refractivity contribution is 5.96. The summed E-state index contributed by atoms with van der Waals surface area (Å²) in [4.78, 5) is 29.1. The summed E-state index contributed by atoms with van der Waals surface area (Å²) < 4.78 is 0. The van der Waals surface area contributed by atoms with E-state index in [4.69, 9.17) is 0 Å². The summed E-state index contributed by atoms with van der Waals surface area (Å²) in [6, 6.07) is 9.34. The van der Waals surface area contributed by atoms with Crippen molar-refractivity contribution in [2.45, 2.75) is 39.2 Å². The molecule has 0 unspecified atom stereocenters. The fourth-order valence-corrected chi connectivity index (χ4v) is 4.10. The van der Waals surface area contributed by atoms with Crippen LogP contribution in [-0.2, 0) is 4.79 Å². The van der Waals surface area contributed by atoms with Crippen LogP contribution in [0.4, 0.5) is 0 Å². The smallest absolute Gasteiger partial charge is 0.255 e. The number of fused-ring (bicyclic) bond motifs is 1. The maximum atomic E-state index is 12.9. The maximum Gasteiger partial charge on any atom is 0.255 e. The standard InChI is InChI=1S/C20H25N3O2/c1-14(2)12-23-18-9-10-22(13-16(18)7-8-19(23)24)20(25)17-6-4-3-5-15(17)11-21/h3-6,14,16,18H,7-10,12-13H2,1-2H3/t16-,18+/m0/s1. The third kappa shape index (κ3) is 3.53. The Kier molecular flexibility index (Phi) is 5.08. The Hall–Kier alpha value is -2.35. The Morgan fingerprint density at radius 3 is 2.80 bits per heavy atom. The molecule has 1 aromatic carbocycles. The van der Waals surface area contributed by atoms with Crippen LogP contribution in [0.5, 0.6) is 0 Å². The lowest BCUT2D eigenvalue weighted by molar-refractivity contribution is -0.141. The van der Waals surface area contributed by atoms with Gasteiger partial charge in [0.15, 0.2) is 0 Å². The summed E-state index contributed by atoms with van der Waals surface area (Å²) in [5, 5.41) is 9.24. The van der Waals surface area contributed by atoms with Gasteiger partial charge in [0.1, 0.15) is 0 Å². The van der Waals surface area contributed by atoms with E-state index in [-0.39, 0.29) is 17.9 Å². The molecule has 3 rings (SSSR count). The largest absolute Gasteiger partial charge is 0.339 e. The monoisotopic (exact) mass is 339 g/mol. The zero-order chi connectivity index (χ0) is 18.0. The summed E-state index contributed by atoms with van der Waals surface area (Å²) in [6.45, 7) is 6.38. The maximum absolute atomic E-state index is 12.9. The zero-order valence-corrected chi connectivity index (χ0v) is 14.9. The summed E-state index contributed by atoms with van der Waals surface area (Å²) in [6.07, 6.45) is 2.25. The molecule has 2 saturated heterocycles. The lowest BCUT2D eigenvalue weighted by Crippen LogP contribution is -2.57. The van der Waals surface area contributed by atoms with E-state index in [1.165, 1.54) is 0 Å². The number of carbonyl (C=O) groups is 2. The molecule has 2 aliphatic rings. The number of amides is 2. The summed E-state index contributed by atoms with van der Waals surface area (Å²) in [5.41, 5.74) is 0.907. The number of rotatable bonds is 3. The first-order valence-electron chi connectivity index (χ1n) is 9.09. The number of likely N-dealkylation sites (tertiary alicyclic amines) is 2. The quantitative estimate of drug-likeness (QED) is 0.850. The van der Waals surface area contributed by atoms with E-state index in [1.54, 1.807) is 24.3 Å². The highest BCUT2D eigenvalue weighted by Gasteiger charge is 2.40. The second-order valence-electron chi connectivity index (χ2n) is 7.50. The molecule has 2 atom stereocenters. The molecule has 2 aliphatic heterocycles. The number of hydrogen-bond donors (Lipinski definition) is 0. The Morgan fingerprint density at radius 1 is 1.32 bits per heavy atom. The first kappa shape index (κ1) is 17.5. The second kappa shape index (κ2) is 7.26. The van der Waals surface area contributed by atoms with Crippen LogP contribution in [0.25, 0.3) is 0 Å².